The van der Waals surface area contributed by atoms with Gasteiger partial charge in [0.25, 0.3) is 0 Å². The minimum absolute atomic E-state index is 0.125. The Labute approximate surface area is 94.0 Å². The van der Waals surface area contributed by atoms with Crippen LogP contribution >= 0.6 is 11.3 Å². The molecule has 1 heterocycles. The number of hydrogen-bond acceptors (Lipinski definition) is 4. The van der Waals surface area contributed by atoms with Crippen LogP contribution in [0.15, 0.2) is 0 Å². The summed E-state index contributed by atoms with van der Waals surface area (Å²) in [5, 5.41) is 8.47. The second-order valence-electron chi connectivity index (χ2n) is 3.29. The number of rotatable bonds is 6. The molecule has 0 saturated heterocycles. The summed E-state index contributed by atoms with van der Waals surface area (Å²) in [6.07, 6.45) is 2.71. The van der Waals surface area contributed by atoms with Crippen LogP contribution in [0.25, 0.3) is 0 Å². The van der Waals surface area contributed by atoms with Gasteiger partial charge in [-0.2, -0.15) is 0 Å². The number of hydrogen-bond donors (Lipinski definition) is 2. The number of methoxy groups -OCH3 is 1. The fourth-order valence-corrected chi connectivity index (χ4v) is 2.27. The number of nitrogen functional groups attached to an aromatic ring is 1. The summed E-state index contributed by atoms with van der Waals surface area (Å²) in [7, 11) is 1.67. The first kappa shape index (κ1) is 12.1. The molecule has 0 amide bonds. The molecule has 0 bridgehead atoms. The van der Waals surface area contributed by atoms with Crippen molar-refractivity contribution in [2.45, 2.75) is 26.2 Å². The van der Waals surface area contributed by atoms with Gasteiger partial charge in [-0.05, 0) is 6.42 Å². The largest absolute Gasteiger partial charge is 0.384 e. The third-order valence-corrected chi connectivity index (χ3v) is 3.18. The molecule has 1 aromatic rings. The van der Waals surface area contributed by atoms with E-state index in [0.717, 1.165) is 34.8 Å². The predicted octanol–water partition coefficient (Wildman–Crippen LogP) is 1.57. The minimum Gasteiger partial charge on any atom is -0.384 e. The zero-order valence-electron chi connectivity index (χ0n) is 9.17. The van der Waals surface area contributed by atoms with E-state index < -0.39 is 0 Å². The number of ether oxygens (including phenoxy) is 1. The van der Waals surface area contributed by atoms with Crippen LogP contribution in [-0.4, -0.2) is 24.5 Å². The van der Waals surface area contributed by atoms with E-state index in [-0.39, 0.29) is 5.84 Å². The molecule has 0 saturated carbocycles. The standard InChI is InChI=1S/C10H17N3OS/c1-3-4-7-9(10(11)12)15-8(13-7)5-6-14-2/h3-6H2,1-2H3,(H3,11,12). The van der Waals surface area contributed by atoms with Gasteiger partial charge in [0.1, 0.15) is 5.84 Å². The van der Waals surface area contributed by atoms with Gasteiger partial charge in [0.15, 0.2) is 0 Å². The Morgan fingerprint density at radius 1 is 1.53 bits per heavy atom. The SMILES string of the molecule is CCCc1nc(CCOC)sc1C(=N)N. The van der Waals surface area contributed by atoms with Gasteiger partial charge in [-0.1, -0.05) is 13.3 Å². The van der Waals surface area contributed by atoms with Gasteiger partial charge < -0.3 is 10.5 Å². The van der Waals surface area contributed by atoms with Crippen LogP contribution in [0.2, 0.25) is 0 Å². The zero-order chi connectivity index (χ0) is 11.3. The van der Waals surface area contributed by atoms with Crippen molar-refractivity contribution in [2.24, 2.45) is 5.73 Å². The lowest BCUT2D eigenvalue weighted by Gasteiger charge is -1.96. The first-order valence-electron chi connectivity index (χ1n) is 5.01. The van der Waals surface area contributed by atoms with Crippen LogP contribution in [0, 0.1) is 5.41 Å². The second kappa shape index (κ2) is 5.82. The van der Waals surface area contributed by atoms with E-state index in [4.69, 9.17) is 15.9 Å². The number of thiazole rings is 1. The van der Waals surface area contributed by atoms with Crippen LogP contribution in [-0.2, 0) is 17.6 Å². The van der Waals surface area contributed by atoms with Gasteiger partial charge in [-0.25, -0.2) is 4.98 Å². The first-order chi connectivity index (χ1) is 7.19. The average Bonchev–Trinajstić information content (AvgIpc) is 2.59. The summed E-state index contributed by atoms with van der Waals surface area (Å²) >= 11 is 1.51. The molecule has 5 heteroatoms. The number of aromatic nitrogens is 1. The Morgan fingerprint density at radius 2 is 2.27 bits per heavy atom. The quantitative estimate of drug-likeness (QED) is 0.572. The lowest BCUT2D eigenvalue weighted by Crippen LogP contribution is -2.11. The lowest BCUT2D eigenvalue weighted by atomic mass is 10.2. The normalized spacial score (nSPS) is 10.5. The molecule has 3 N–H and O–H groups in total. The van der Waals surface area contributed by atoms with Crippen molar-refractivity contribution in [1.29, 1.82) is 5.41 Å². The fourth-order valence-electron chi connectivity index (χ4n) is 1.31. The predicted molar refractivity (Wildman–Crippen MR) is 62.7 cm³/mol. The number of aryl methyl sites for hydroxylation is 1. The summed E-state index contributed by atoms with van der Waals surface area (Å²) < 4.78 is 5.00. The molecule has 84 valence electrons. The lowest BCUT2D eigenvalue weighted by molar-refractivity contribution is 0.202. The molecule has 0 radical (unpaired) electrons. The monoisotopic (exact) mass is 227 g/mol. The molecule has 0 aromatic carbocycles. The van der Waals surface area contributed by atoms with Crippen molar-refractivity contribution in [1.82, 2.24) is 4.98 Å². The molecule has 0 unspecified atom stereocenters. The summed E-state index contributed by atoms with van der Waals surface area (Å²) in [5.74, 6) is 0.125. The molecular weight excluding hydrogens is 210 g/mol. The number of amidine groups is 1. The highest BCUT2D eigenvalue weighted by molar-refractivity contribution is 7.13. The summed E-state index contributed by atoms with van der Waals surface area (Å²) in [4.78, 5) is 5.30. The highest BCUT2D eigenvalue weighted by Crippen LogP contribution is 2.20. The van der Waals surface area contributed by atoms with E-state index in [1.807, 2.05) is 0 Å². The van der Waals surface area contributed by atoms with E-state index >= 15 is 0 Å². The smallest absolute Gasteiger partial charge is 0.135 e. The Morgan fingerprint density at radius 3 is 2.80 bits per heavy atom. The maximum absolute atomic E-state index is 7.46. The molecule has 15 heavy (non-hydrogen) atoms. The van der Waals surface area contributed by atoms with Gasteiger partial charge in [0, 0.05) is 13.5 Å². The Hall–Kier alpha value is -0.940. The molecule has 0 spiro atoms. The highest BCUT2D eigenvalue weighted by atomic mass is 32.1. The molecule has 1 aromatic heterocycles. The summed E-state index contributed by atoms with van der Waals surface area (Å²) in [6.45, 7) is 2.76. The molecule has 0 aliphatic rings. The number of nitrogens with two attached hydrogens (primary N) is 1. The maximum Gasteiger partial charge on any atom is 0.135 e. The van der Waals surface area contributed by atoms with Crippen molar-refractivity contribution in [3.8, 4) is 0 Å². The van der Waals surface area contributed by atoms with Crippen molar-refractivity contribution in [3.63, 3.8) is 0 Å². The van der Waals surface area contributed by atoms with Crippen LogP contribution < -0.4 is 5.73 Å². The summed E-state index contributed by atoms with van der Waals surface area (Å²) in [6, 6.07) is 0. The second-order valence-corrected chi connectivity index (χ2v) is 4.37. The topological polar surface area (TPSA) is 72.0 Å². The average molecular weight is 227 g/mol. The first-order valence-corrected chi connectivity index (χ1v) is 5.82. The molecular formula is C10H17N3OS. The molecule has 0 fully saturated rings. The maximum atomic E-state index is 7.46. The van der Waals surface area contributed by atoms with Gasteiger partial charge in [-0.3, -0.25) is 5.41 Å². The van der Waals surface area contributed by atoms with Crippen molar-refractivity contribution in [2.75, 3.05) is 13.7 Å². The molecule has 0 atom stereocenters. The third kappa shape index (κ3) is 3.28. The van der Waals surface area contributed by atoms with Crippen molar-refractivity contribution in [3.05, 3.63) is 15.6 Å². The highest BCUT2D eigenvalue weighted by Gasteiger charge is 2.12. The van der Waals surface area contributed by atoms with E-state index in [1.165, 1.54) is 11.3 Å². The van der Waals surface area contributed by atoms with Crippen molar-refractivity contribution < 1.29 is 4.74 Å². The molecule has 4 nitrogen and oxygen atoms in total. The Balaban J connectivity index is 2.83. The van der Waals surface area contributed by atoms with Crippen LogP contribution in [0.4, 0.5) is 0 Å². The zero-order valence-corrected chi connectivity index (χ0v) is 9.99. The van der Waals surface area contributed by atoms with Crippen LogP contribution in [0.1, 0.15) is 28.9 Å². The van der Waals surface area contributed by atoms with Crippen molar-refractivity contribution >= 4 is 17.2 Å². The van der Waals surface area contributed by atoms with Crippen LogP contribution in [0.5, 0.6) is 0 Å². The Bertz CT molecular complexity index is 335. The summed E-state index contributed by atoms with van der Waals surface area (Å²) in [5.41, 5.74) is 6.47. The van der Waals surface area contributed by atoms with Gasteiger partial charge in [0.05, 0.1) is 22.2 Å². The van der Waals surface area contributed by atoms with E-state index in [1.54, 1.807) is 7.11 Å². The van der Waals surface area contributed by atoms with E-state index in [2.05, 4.69) is 11.9 Å². The van der Waals surface area contributed by atoms with Gasteiger partial charge in [-0.15, -0.1) is 11.3 Å². The number of nitrogens with zero attached hydrogens (tertiary/aromatic N) is 1. The van der Waals surface area contributed by atoms with Gasteiger partial charge >= 0.3 is 0 Å². The Kier molecular flexibility index (Phi) is 4.71. The van der Waals surface area contributed by atoms with Crippen LogP contribution in [0.3, 0.4) is 0 Å². The third-order valence-electron chi connectivity index (χ3n) is 1.99. The number of nitrogens with one attached hydrogen (secondary N) is 1. The molecule has 0 aliphatic carbocycles. The van der Waals surface area contributed by atoms with Gasteiger partial charge in [0.2, 0.25) is 0 Å². The molecule has 0 aliphatic heterocycles. The molecule has 1 rings (SSSR count). The minimum atomic E-state index is 0.125. The van der Waals surface area contributed by atoms with E-state index in [0.29, 0.717) is 6.61 Å². The fraction of sp³-hybridized carbons (Fsp3) is 0.600. The van der Waals surface area contributed by atoms with E-state index in [9.17, 15) is 0 Å².